The van der Waals surface area contributed by atoms with E-state index in [9.17, 15) is 14.5 Å². The number of hydrogen-bond acceptors (Lipinski definition) is 4. The molecule has 0 aromatic heterocycles. The second-order valence-electron chi connectivity index (χ2n) is 3.58. The van der Waals surface area contributed by atoms with Gasteiger partial charge in [0.2, 0.25) is 0 Å². The average Bonchev–Trinajstić information content (AvgIpc) is 2.41. The fraction of sp³-hybridized carbons (Fsp3) is 0. The highest BCUT2D eigenvalue weighted by Gasteiger charge is 2.15. The Hall–Kier alpha value is -2.39. The molecule has 0 unspecified atom stereocenters. The van der Waals surface area contributed by atoms with Crippen LogP contribution < -0.4 is 0 Å². The summed E-state index contributed by atoms with van der Waals surface area (Å²) in [5, 5.41) is 19.6. The first-order chi connectivity index (χ1) is 9.11. The Labute approximate surface area is 112 Å². The number of halogens is 1. The van der Waals surface area contributed by atoms with Crippen LogP contribution in [0.5, 0.6) is 0 Å². The predicted molar refractivity (Wildman–Crippen MR) is 68.3 cm³/mol. The fourth-order valence-electron chi connectivity index (χ4n) is 1.48. The molecule has 2 rings (SSSR count). The molecule has 0 N–H and O–H groups in total. The number of hydrogen-bond donors (Lipinski definition) is 0. The van der Waals surface area contributed by atoms with E-state index in [1.54, 1.807) is 30.3 Å². The highest BCUT2D eigenvalue weighted by atomic mass is 32.2. The molecule has 2 aromatic rings. The van der Waals surface area contributed by atoms with Gasteiger partial charge in [-0.25, -0.2) is 4.39 Å². The van der Waals surface area contributed by atoms with Gasteiger partial charge in [0.15, 0.2) is 0 Å². The smallest absolute Gasteiger partial charge is 0.258 e. The summed E-state index contributed by atoms with van der Waals surface area (Å²) in [6, 6.07) is 12.1. The molecule has 0 atom stereocenters. The molecule has 0 aliphatic carbocycles. The lowest BCUT2D eigenvalue weighted by atomic mass is 10.2. The van der Waals surface area contributed by atoms with Gasteiger partial charge in [0.1, 0.15) is 17.4 Å². The van der Waals surface area contributed by atoms with Gasteiger partial charge < -0.3 is 0 Å². The molecule has 6 heteroatoms. The van der Waals surface area contributed by atoms with Crippen molar-refractivity contribution in [3.8, 4) is 6.07 Å². The lowest BCUT2D eigenvalue weighted by Crippen LogP contribution is -1.92. The van der Waals surface area contributed by atoms with E-state index in [1.807, 2.05) is 0 Å². The zero-order chi connectivity index (χ0) is 13.8. The predicted octanol–water partition coefficient (Wildman–Crippen LogP) is 3.76. The Bertz CT molecular complexity index is 683. The van der Waals surface area contributed by atoms with Gasteiger partial charge in [-0.1, -0.05) is 23.9 Å². The second kappa shape index (κ2) is 5.50. The number of nitro groups is 1. The summed E-state index contributed by atoms with van der Waals surface area (Å²) >= 11 is 1.08. The lowest BCUT2D eigenvalue weighted by Gasteiger charge is -2.03. The van der Waals surface area contributed by atoms with E-state index in [0.29, 0.717) is 9.79 Å². The minimum absolute atomic E-state index is 0.0112. The molecule has 4 nitrogen and oxygen atoms in total. The number of nitrogens with zero attached hydrogens (tertiary/aromatic N) is 2. The van der Waals surface area contributed by atoms with Crippen molar-refractivity contribution in [2.75, 3.05) is 0 Å². The summed E-state index contributed by atoms with van der Waals surface area (Å²) in [7, 11) is 0. The van der Waals surface area contributed by atoms with E-state index in [-0.39, 0.29) is 17.1 Å². The highest BCUT2D eigenvalue weighted by molar-refractivity contribution is 7.99. The van der Waals surface area contributed by atoms with E-state index in [4.69, 9.17) is 5.26 Å². The molecule has 0 heterocycles. The topological polar surface area (TPSA) is 66.9 Å². The van der Waals surface area contributed by atoms with Crippen LogP contribution in [0.2, 0.25) is 0 Å². The van der Waals surface area contributed by atoms with E-state index < -0.39 is 4.92 Å². The second-order valence-corrected chi connectivity index (χ2v) is 4.70. The molecule has 19 heavy (non-hydrogen) atoms. The van der Waals surface area contributed by atoms with Gasteiger partial charge in [0, 0.05) is 15.9 Å². The van der Waals surface area contributed by atoms with Crippen molar-refractivity contribution in [3.63, 3.8) is 0 Å². The van der Waals surface area contributed by atoms with Crippen molar-refractivity contribution in [1.29, 1.82) is 5.26 Å². The molecule has 2 aromatic carbocycles. The van der Waals surface area contributed by atoms with Crippen molar-refractivity contribution >= 4 is 17.4 Å². The zero-order valence-electron chi connectivity index (χ0n) is 9.54. The van der Waals surface area contributed by atoms with E-state index in [2.05, 4.69) is 0 Å². The Kier molecular flexibility index (Phi) is 3.78. The van der Waals surface area contributed by atoms with Gasteiger partial charge in [0.05, 0.1) is 4.92 Å². The van der Waals surface area contributed by atoms with Gasteiger partial charge in [0.25, 0.3) is 5.69 Å². The standard InChI is InChI=1S/C13H7FN2O2S/c14-11-3-1-2-4-13(11)19-10-6-5-9(8-15)12(7-10)16(17)18/h1-7H. The van der Waals surface area contributed by atoms with Gasteiger partial charge in [-0.15, -0.1) is 0 Å². The summed E-state index contributed by atoms with van der Waals surface area (Å²) < 4.78 is 13.5. The van der Waals surface area contributed by atoms with E-state index in [0.717, 1.165) is 11.8 Å². The Morgan fingerprint density at radius 2 is 2.00 bits per heavy atom. The summed E-state index contributed by atoms with van der Waals surface area (Å²) in [5.41, 5.74) is -0.285. The van der Waals surface area contributed by atoms with Crippen molar-refractivity contribution in [3.05, 3.63) is 64.0 Å². The van der Waals surface area contributed by atoms with Gasteiger partial charge in [-0.05, 0) is 24.3 Å². The zero-order valence-corrected chi connectivity index (χ0v) is 10.4. The van der Waals surface area contributed by atoms with Crippen LogP contribution in [0, 0.1) is 27.3 Å². The monoisotopic (exact) mass is 274 g/mol. The molecular weight excluding hydrogens is 267 g/mol. The number of benzene rings is 2. The van der Waals surface area contributed by atoms with Crippen LogP contribution in [-0.2, 0) is 0 Å². The molecule has 0 spiro atoms. The van der Waals surface area contributed by atoms with Crippen molar-refractivity contribution in [2.45, 2.75) is 9.79 Å². The highest BCUT2D eigenvalue weighted by Crippen LogP contribution is 2.32. The summed E-state index contributed by atoms with van der Waals surface area (Å²) in [5.74, 6) is -0.389. The lowest BCUT2D eigenvalue weighted by molar-refractivity contribution is -0.385. The molecule has 0 bridgehead atoms. The third-order valence-electron chi connectivity index (χ3n) is 2.35. The quantitative estimate of drug-likeness (QED) is 0.631. The first-order valence-corrected chi connectivity index (χ1v) is 6.04. The normalized spacial score (nSPS) is 9.89. The molecule has 0 amide bonds. The van der Waals surface area contributed by atoms with Crippen LogP contribution in [-0.4, -0.2) is 4.92 Å². The van der Waals surface area contributed by atoms with Crippen LogP contribution in [0.25, 0.3) is 0 Å². The summed E-state index contributed by atoms with van der Waals surface area (Å²) in [6.07, 6.45) is 0. The van der Waals surface area contributed by atoms with Crippen LogP contribution in [0.15, 0.2) is 52.3 Å². The molecule has 0 saturated heterocycles. The van der Waals surface area contributed by atoms with Crippen molar-refractivity contribution < 1.29 is 9.31 Å². The minimum Gasteiger partial charge on any atom is -0.258 e. The van der Waals surface area contributed by atoms with Crippen LogP contribution >= 0.6 is 11.8 Å². The number of nitro benzene ring substituents is 1. The van der Waals surface area contributed by atoms with Crippen molar-refractivity contribution in [2.24, 2.45) is 0 Å². The molecular formula is C13H7FN2O2S. The van der Waals surface area contributed by atoms with E-state index in [1.165, 1.54) is 18.2 Å². The van der Waals surface area contributed by atoms with Crippen molar-refractivity contribution in [1.82, 2.24) is 0 Å². The third-order valence-corrected chi connectivity index (χ3v) is 3.39. The van der Waals surface area contributed by atoms with Crippen LogP contribution in [0.4, 0.5) is 10.1 Å². The van der Waals surface area contributed by atoms with Gasteiger partial charge >= 0.3 is 0 Å². The van der Waals surface area contributed by atoms with Gasteiger partial charge in [-0.3, -0.25) is 10.1 Å². The Morgan fingerprint density at radius 1 is 1.26 bits per heavy atom. The molecule has 0 aliphatic heterocycles. The SMILES string of the molecule is N#Cc1ccc(Sc2ccccc2F)cc1[N+](=O)[O-]. The maximum atomic E-state index is 13.5. The minimum atomic E-state index is -0.621. The summed E-state index contributed by atoms with van der Waals surface area (Å²) in [4.78, 5) is 11.1. The molecule has 0 saturated carbocycles. The maximum Gasteiger partial charge on any atom is 0.288 e. The molecule has 0 radical (unpaired) electrons. The van der Waals surface area contributed by atoms with Crippen LogP contribution in [0.1, 0.15) is 5.56 Å². The van der Waals surface area contributed by atoms with Gasteiger partial charge in [-0.2, -0.15) is 5.26 Å². The average molecular weight is 274 g/mol. The van der Waals surface area contributed by atoms with E-state index >= 15 is 0 Å². The number of nitriles is 1. The first-order valence-electron chi connectivity index (χ1n) is 5.22. The van der Waals surface area contributed by atoms with Crippen LogP contribution in [0.3, 0.4) is 0 Å². The molecule has 94 valence electrons. The molecule has 0 fully saturated rings. The first kappa shape index (κ1) is 13.1. The fourth-order valence-corrected chi connectivity index (χ4v) is 2.35. The number of rotatable bonds is 3. The Balaban J connectivity index is 2.38. The largest absolute Gasteiger partial charge is 0.288 e. The Morgan fingerprint density at radius 3 is 2.63 bits per heavy atom. The summed E-state index contributed by atoms with van der Waals surface area (Å²) in [6.45, 7) is 0. The third kappa shape index (κ3) is 2.89. The molecule has 0 aliphatic rings. The maximum absolute atomic E-state index is 13.5.